The predicted octanol–water partition coefficient (Wildman–Crippen LogP) is 2.82. The minimum atomic E-state index is -0.352. The van der Waals surface area contributed by atoms with Gasteiger partial charge in [0, 0.05) is 17.7 Å². The van der Waals surface area contributed by atoms with Crippen molar-refractivity contribution in [2.24, 2.45) is 5.10 Å². The summed E-state index contributed by atoms with van der Waals surface area (Å²) >= 11 is 0. The fraction of sp³-hybridized carbons (Fsp3) is 0.211. The van der Waals surface area contributed by atoms with Gasteiger partial charge in [-0.25, -0.2) is 5.43 Å². The first-order valence-corrected chi connectivity index (χ1v) is 8.02. The molecule has 7 nitrogen and oxygen atoms in total. The van der Waals surface area contributed by atoms with E-state index in [0.29, 0.717) is 29.2 Å². The second kappa shape index (κ2) is 9.22. The van der Waals surface area contributed by atoms with Gasteiger partial charge in [-0.05, 0) is 48.0 Å². The monoisotopic (exact) mass is 355 g/mol. The summed E-state index contributed by atoms with van der Waals surface area (Å²) in [5.41, 5.74) is 4.28. The maximum absolute atomic E-state index is 12.1. The molecule has 2 aromatic rings. The van der Waals surface area contributed by atoms with Crippen LogP contribution in [0.5, 0.6) is 11.5 Å². The van der Waals surface area contributed by atoms with Crippen molar-refractivity contribution >= 4 is 23.7 Å². The van der Waals surface area contributed by atoms with Gasteiger partial charge in [-0.15, -0.1) is 0 Å². The molecule has 26 heavy (non-hydrogen) atoms. The minimum absolute atomic E-state index is 0.0817. The van der Waals surface area contributed by atoms with Crippen LogP contribution in [-0.2, 0) is 4.79 Å². The highest BCUT2D eigenvalue weighted by Crippen LogP contribution is 2.26. The van der Waals surface area contributed by atoms with Crippen molar-refractivity contribution in [3.63, 3.8) is 0 Å². The number of benzene rings is 2. The highest BCUT2D eigenvalue weighted by Gasteiger charge is 2.06. The molecule has 2 N–H and O–H groups in total. The Bertz CT molecular complexity index is 801. The average molecular weight is 355 g/mol. The third-order valence-corrected chi connectivity index (χ3v) is 3.54. The molecule has 2 amide bonds. The van der Waals surface area contributed by atoms with Crippen molar-refractivity contribution in [1.82, 2.24) is 5.43 Å². The summed E-state index contributed by atoms with van der Waals surface area (Å²) in [5, 5.41) is 6.66. The molecule has 0 heterocycles. The lowest BCUT2D eigenvalue weighted by Gasteiger charge is -2.07. The second-order valence-corrected chi connectivity index (χ2v) is 5.29. The number of amides is 2. The Kier molecular flexibility index (Phi) is 6.73. The van der Waals surface area contributed by atoms with Crippen LogP contribution in [0.25, 0.3) is 0 Å². The van der Waals surface area contributed by atoms with Crippen molar-refractivity contribution < 1.29 is 19.1 Å². The largest absolute Gasteiger partial charge is 0.493 e. The third-order valence-electron chi connectivity index (χ3n) is 3.54. The van der Waals surface area contributed by atoms with E-state index in [1.807, 2.05) is 0 Å². The Balaban J connectivity index is 1.97. The van der Waals surface area contributed by atoms with Crippen LogP contribution in [0.2, 0.25) is 0 Å². The molecule has 0 aliphatic heterocycles. The van der Waals surface area contributed by atoms with Gasteiger partial charge < -0.3 is 14.8 Å². The SMILES string of the molecule is CCC(=O)Nc1ccc(C(=O)N/N=C\c2ccc(OC)c(OC)c2)cc1. The fourth-order valence-corrected chi connectivity index (χ4v) is 2.12. The maximum Gasteiger partial charge on any atom is 0.271 e. The zero-order valence-corrected chi connectivity index (χ0v) is 14.9. The lowest BCUT2D eigenvalue weighted by molar-refractivity contribution is -0.115. The third kappa shape index (κ3) is 5.07. The lowest BCUT2D eigenvalue weighted by Crippen LogP contribution is -2.17. The molecule has 136 valence electrons. The molecule has 0 aliphatic carbocycles. The van der Waals surface area contributed by atoms with Gasteiger partial charge in [0.2, 0.25) is 5.91 Å². The molecule has 2 rings (SSSR count). The van der Waals surface area contributed by atoms with Crippen molar-refractivity contribution in [1.29, 1.82) is 0 Å². The summed E-state index contributed by atoms with van der Waals surface area (Å²) in [7, 11) is 3.11. The first kappa shape index (κ1) is 19.0. The summed E-state index contributed by atoms with van der Waals surface area (Å²) in [6.45, 7) is 1.77. The van der Waals surface area contributed by atoms with Gasteiger partial charge in [-0.3, -0.25) is 9.59 Å². The number of hydrogen-bond acceptors (Lipinski definition) is 5. The van der Waals surface area contributed by atoms with Gasteiger partial charge in [0.05, 0.1) is 20.4 Å². The van der Waals surface area contributed by atoms with Gasteiger partial charge in [0.25, 0.3) is 5.91 Å². The van der Waals surface area contributed by atoms with E-state index in [4.69, 9.17) is 9.47 Å². The normalized spacial score (nSPS) is 10.4. The molecule has 0 radical (unpaired) electrons. The van der Waals surface area contributed by atoms with Gasteiger partial charge >= 0.3 is 0 Å². The number of hydrazone groups is 1. The van der Waals surface area contributed by atoms with Crippen molar-refractivity contribution in [3.8, 4) is 11.5 Å². The molecule has 2 aromatic carbocycles. The van der Waals surface area contributed by atoms with E-state index in [2.05, 4.69) is 15.8 Å². The predicted molar refractivity (Wildman–Crippen MR) is 100.0 cm³/mol. The van der Waals surface area contributed by atoms with Crippen LogP contribution in [0.4, 0.5) is 5.69 Å². The van der Waals surface area contributed by atoms with E-state index in [9.17, 15) is 9.59 Å². The Labute approximate surface area is 152 Å². The number of carbonyl (C=O) groups excluding carboxylic acids is 2. The van der Waals surface area contributed by atoms with Crippen LogP contribution < -0.4 is 20.2 Å². The van der Waals surface area contributed by atoms with Crippen LogP contribution in [-0.4, -0.2) is 32.2 Å². The molecule has 0 unspecified atom stereocenters. The van der Waals surface area contributed by atoms with Gasteiger partial charge in [-0.2, -0.15) is 5.10 Å². The molecule has 0 aliphatic rings. The number of rotatable bonds is 7. The van der Waals surface area contributed by atoms with Crippen molar-refractivity contribution in [2.75, 3.05) is 19.5 Å². The molecule has 7 heteroatoms. The number of ether oxygens (including phenoxy) is 2. The zero-order valence-electron chi connectivity index (χ0n) is 14.9. The number of anilines is 1. The highest BCUT2D eigenvalue weighted by molar-refractivity contribution is 5.96. The van der Waals surface area contributed by atoms with Crippen LogP contribution in [0.15, 0.2) is 47.6 Å². The van der Waals surface area contributed by atoms with E-state index in [1.165, 1.54) is 6.21 Å². The number of methoxy groups -OCH3 is 2. The summed E-state index contributed by atoms with van der Waals surface area (Å²) in [5.74, 6) is 0.758. The van der Waals surface area contributed by atoms with Crippen LogP contribution in [0, 0.1) is 0 Å². The van der Waals surface area contributed by atoms with E-state index >= 15 is 0 Å². The van der Waals surface area contributed by atoms with Gasteiger partial charge in [0.15, 0.2) is 11.5 Å². The van der Waals surface area contributed by atoms with E-state index < -0.39 is 0 Å². The molecular weight excluding hydrogens is 334 g/mol. The second-order valence-electron chi connectivity index (χ2n) is 5.29. The summed E-state index contributed by atoms with van der Waals surface area (Å²) in [4.78, 5) is 23.4. The summed E-state index contributed by atoms with van der Waals surface area (Å²) < 4.78 is 10.4. The lowest BCUT2D eigenvalue weighted by atomic mass is 10.2. The Morgan fingerprint density at radius 1 is 1.04 bits per heavy atom. The van der Waals surface area contributed by atoms with Crippen LogP contribution in [0.3, 0.4) is 0 Å². The molecule has 0 saturated heterocycles. The molecule has 0 saturated carbocycles. The Morgan fingerprint density at radius 3 is 2.35 bits per heavy atom. The molecule has 0 spiro atoms. The van der Waals surface area contributed by atoms with Gasteiger partial charge in [0.1, 0.15) is 0 Å². The smallest absolute Gasteiger partial charge is 0.271 e. The summed E-state index contributed by atoms with van der Waals surface area (Å²) in [6.07, 6.45) is 1.91. The van der Waals surface area contributed by atoms with Crippen LogP contribution >= 0.6 is 0 Å². The van der Waals surface area contributed by atoms with Crippen LogP contribution in [0.1, 0.15) is 29.3 Å². The Hall–Kier alpha value is -3.35. The average Bonchev–Trinajstić information content (AvgIpc) is 2.68. The zero-order chi connectivity index (χ0) is 18.9. The topological polar surface area (TPSA) is 89.0 Å². The quantitative estimate of drug-likeness (QED) is 0.590. The van der Waals surface area contributed by atoms with E-state index in [-0.39, 0.29) is 11.8 Å². The number of nitrogens with zero attached hydrogens (tertiary/aromatic N) is 1. The number of nitrogens with one attached hydrogen (secondary N) is 2. The first-order chi connectivity index (χ1) is 12.6. The van der Waals surface area contributed by atoms with E-state index in [0.717, 1.165) is 5.56 Å². The van der Waals surface area contributed by atoms with Crippen molar-refractivity contribution in [3.05, 3.63) is 53.6 Å². The molecular formula is C19H21N3O4. The van der Waals surface area contributed by atoms with Crippen molar-refractivity contribution in [2.45, 2.75) is 13.3 Å². The standard InChI is InChI=1S/C19H21N3O4/c1-4-18(23)21-15-8-6-14(7-9-15)19(24)22-20-12-13-5-10-16(25-2)17(11-13)26-3/h5-12H,4H2,1-3H3,(H,21,23)(H,22,24)/b20-12-. The molecule has 0 atom stereocenters. The minimum Gasteiger partial charge on any atom is -0.493 e. The van der Waals surface area contributed by atoms with E-state index in [1.54, 1.807) is 63.6 Å². The molecule has 0 bridgehead atoms. The summed E-state index contributed by atoms with van der Waals surface area (Å²) in [6, 6.07) is 11.9. The maximum atomic E-state index is 12.1. The molecule has 0 aromatic heterocycles. The first-order valence-electron chi connectivity index (χ1n) is 8.02. The number of hydrogen-bond donors (Lipinski definition) is 2. The molecule has 0 fully saturated rings. The fourth-order valence-electron chi connectivity index (χ4n) is 2.12. The number of carbonyl (C=O) groups is 2. The Morgan fingerprint density at radius 2 is 1.73 bits per heavy atom. The van der Waals surface area contributed by atoms with Gasteiger partial charge in [-0.1, -0.05) is 6.92 Å². The highest BCUT2D eigenvalue weighted by atomic mass is 16.5.